The van der Waals surface area contributed by atoms with E-state index in [2.05, 4.69) is 20.2 Å². The minimum Gasteiger partial charge on any atom is -0.366 e. The van der Waals surface area contributed by atoms with Crippen molar-refractivity contribution in [1.29, 1.82) is 0 Å². The molecule has 0 spiro atoms. The van der Waals surface area contributed by atoms with E-state index >= 15 is 0 Å². The summed E-state index contributed by atoms with van der Waals surface area (Å²) in [6.45, 7) is 4.40. The molecule has 5 heteroatoms. The SMILES string of the molecule is Cc1cc(NC2CCN3CCCC23)nc(Cl)n1. The molecule has 0 bridgehead atoms. The van der Waals surface area contributed by atoms with E-state index < -0.39 is 0 Å². The summed E-state index contributed by atoms with van der Waals surface area (Å²) in [6, 6.07) is 3.16. The molecule has 2 fully saturated rings. The van der Waals surface area contributed by atoms with Gasteiger partial charge in [0.15, 0.2) is 0 Å². The molecule has 1 N–H and O–H groups in total. The van der Waals surface area contributed by atoms with Gasteiger partial charge in [-0.15, -0.1) is 0 Å². The molecule has 2 aliphatic rings. The van der Waals surface area contributed by atoms with Gasteiger partial charge in [-0.1, -0.05) is 0 Å². The molecule has 2 unspecified atom stereocenters. The van der Waals surface area contributed by atoms with Crippen LogP contribution in [-0.2, 0) is 0 Å². The van der Waals surface area contributed by atoms with E-state index in [1.54, 1.807) is 0 Å². The van der Waals surface area contributed by atoms with Crippen LogP contribution in [0.4, 0.5) is 5.82 Å². The van der Waals surface area contributed by atoms with E-state index in [0.717, 1.165) is 11.5 Å². The van der Waals surface area contributed by atoms with Crippen LogP contribution in [0.1, 0.15) is 25.0 Å². The summed E-state index contributed by atoms with van der Waals surface area (Å²) >= 11 is 5.87. The summed E-state index contributed by atoms with van der Waals surface area (Å²) in [6.07, 6.45) is 3.83. The molecule has 3 rings (SSSR count). The largest absolute Gasteiger partial charge is 0.366 e. The van der Waals surface area contributed by atoms with Crippen LogP contribution in [0.5, 0.6) is 0 Å². The molecule has 0 saturated carbocycles. The summed E-state index contributed by atoms with van der Waals surface area (Å²) in [4.78, 5) is 10.9. The lowest BCUT2D eigenvalue weighted by Gasteiger charge is -2.21. The second-order valence-electron chi connectivity index (χ2n) is 4.95. The first-order valence-electron chi connectivity index (χ1n) is 6.24. The number of hydrogen-bond donors (Lipinski definition) is 1. The minimum atomic E-state index is 0.328. The molecule has 0 amide bonds. The Morgan fingerprint density at radius 3 is 3.06 bits per heavy atom. The van der Waals surface area contributed by atoms with E-state index in [-0.39, 0.29) is 0 Å². The molecule has 1 aromatic rings. The summed E-state index contributed by atoms with van der Waals surface area (Å²) in [5.74, 6) is 0.862. The third kappa shape index (κ3) is 2.24. The lowest BCUT2D eigenvalue weighted by atomic mass is 10.1. The van der Waals surface area contributed by atoms with Gasteiger partial charge < -0.3 is 5.32 Å². The maximum absolute atomic E-state index is 5.87. The number of hydrogen-bond acceptors (Lipinski definition) is 4. The van der Waals surface area contributed by atoms with E-state index in [1.807, 2.05) is 13.0 Å². The van der Waals surface area contributed by atoms with Gasteiger partial charge in [-0.3, -0.25) is 4.90 Å². The van der Waals surface area contributed by atoms with Crippen molar-refractivity contribution < 1.29 is 0 Å². The maximum atomic E-state index is 5.87. The lowest BCUT2D eigenvalue weighted by molar-refractivity contribution is 0.318. The molecule has 0 aliphatic carbocycles. The van der Waals surface area contributed by atoms with Crippen molar-refractivity contribution in [2.45, 2.75) is 38.3 Å². The van der Waals surface area contributed by atoms with Crippen molar-refractivity contribution in [1.82, 2.24) is 14.9 Å². The van der Waals surface area contributed by atoms with Crippen LogP contribution in [0.15, 0.2) is 6.07 Å². The lowest BCUT2D eigenvalue weighted by Crippen LogP contribution is -2.34. The number of halogens is 1. The molecular weight excluding hydrogens is 236 g/mol. The Bertz CT molecular complexity index is 403. The predicted octanol–water partition coefficient (Wildman–Crippen LogP) is 2.09. The molecule has 2 saturated heterocycles. The molecule has 2 atom stereocenters. The van der Waals surface area contributed by atoms with Gasteiger partial charge in [0.25, 0.3) is 0 Å². The zero-order valence-corrected chi connectivity index (χ0v) is 10.7. The number of nitrogens with zero attached hydrogens (tertiary/aromatic N) is 3. The fourth-order valence-corrected chi connectivity index (χ4v) is 3.27. The highest BCUT2D eigenvalue weighted by Crippen LogP contribution is 2.29. The average Bonchev–Trinajstić information content (AvgIpc) is 2.81. The molecule has 4 nitrogen and oxygen atoms in total. The van der Waals surface area contributed by atoms with Gasteiger partial charge in [0.2, 0.25) is 5.28 Å². The van der Waals surface area contributed by atoms with Crippen molar-refractivity contribution in [2.75, 3.05) is 18.4 Å². The number of fused-ring (bicyclic) bond motifs is 1. The van der Waals surface area contributed by atoms with Gasteiger partial charge in [-0.25, -0.2) is 9.97 Å². The summed E-state index contributed by atoms with van der Waals surface area (Å²) < 4.78 is 0. The smallest absolute Gasteiger partial charge is 0.224 e. The minimum absolute atomic E-state index is 0.328. The van der Waals surface area contributed by atoms with Crippen LogP contribution in [0, 0.1) is 6.92 Å². The van der Waals surface area contributed by atoms with Crippen molar-refractivity contribution in [3.05, 3.63) is 17.0 Å². The Balaban J connectivity index is 1.74. The Hall–Kier alpha value is -0.870. The third-order valence-corrected chi connectivity index (χ3v) is 3.94. The summed E-state index contributed by atoms with van der Waals surface area (Å²) in [5, 5.41) is 3.84. The zero-order valence-electron chi connectivity index (χ0n) is 9.99. The first-order valence-corrected chi connectivity index (χ1v) is 6.62. The summed E-state index contributed by atoms with van der Waals surface area (Å²) in [7, 11) is 0. The van der Waals surface area contributed by atoms with E-state index in [9.17, 15) is 0 Å². The molecule has 1 aromatic heterocycles. The van der Waals surface area contributed by atoms with Gasteiger partial charge in [0.05, 0.1) is 0 Å². The van der Waals surface area contributed by atoms with E-state index in [1.165, 1.54) is 32.4 Å². The predicted molar refractivity (Wildman–Crippen MR) is 68.4 cm³/mol. The number of anilines is 1. The Morgan fingerprint density at radius 1 is 1.35 bits per heavy atom. The van der Waals surface area contributed by atoms with Crippen LogP contribution in [0.2, 0.25) is 5.28 Å². The number of aromatic nitrogens is 2. The molecular formula is C12H17ClN4. The monoisotopic (exact) mass is 252 g/mol. The standard InChI is InChI=1S/C12H17ClN4/c1-8-7-11(16-12(13)14-8)15-9-4-6-17-5-2-3-10(9)17/h7,9-10H,2-6H2,1H3,(H,14,15,16). The highest BCUT2D eigenvalue weighted by Gasteiger charge is 2.37. The average molecular weight is 253 g/mol. The van der Waals surface area contributed by atoms with Gasteiger partial charge in [-0.05, 0) is 44.3 Å². The third-order valence-electron chi connectivity index (χ3n) is 3.77. The molecule has 2 aliphatic heterocycles. The highest BCUT2D eigenvalue weighted by molar-refractivity contribution is 6.28. The van der Waals surface area contributed by atoms with Gasteiger partial charge >= 0.3 is 0 Å². The number of nitrogens with one attached hydrogen (secondary N) is 1. The fourth-order valence-electron chi connectivity index (χ4n) is 3.05. The van der Waals surface area contributed by atoms with Crippen molar-refractivity contribution >= 4 is 17.4 Å². The first-order chi connectivity index (χ1) is 8.22. The first kappa shape index (κ1) is 11.2. The van der Waals surface area contributed by atoms with Gasteiger partial charge in [0, 0.05) is 30.4 Å². The molecule has 3 heterocycles. The maximum Gasteiger partial charge on any atom is 0.224 e. The van der Waals surface area contributed by atoms with Crippen LogP contribution in [-0.4, -0.2) is 40.0 Å². The fraction of sp³-hybridized carbons (Fsp3) is 0.667. The van der Waals surface area contributed by atoms with Gasteiger partial charge in [-0.2, -0.15) is 0 Å². The van der Waals surface area contributed by atoms with Crippen molar-refractivity contribution in [3.63, 3.8) is 0 Å². The van der Waals surface area contributed by atoms with Crippen LogP contribution >= 0.6 is 11.6 Å². The second-order valence-corrected chi connectivity index (χ2v) is 5.29. The van der Waals surface area contributed by atoms with Gasteiger partial charge in [0.1, 0.15) is 5.82 Å². The normalized spacial score (nSPS) is 28.4. The van der Waals surface area contributed by atoms with Crippen molar-refractivity contribution in [3.8, 4) is 0 Å². The number of aryl methyl sites for hydroxylation is 1. The van der Waals surface area contributed by atoms with E-state index in [0.29, 0.717) is 17.4 Å². The van der Waals surface area contributed by atoms with E-state index in [4.69, 9.17) is 11.6 Å². The summed E-state index contributed by atoms with van der Waals surface area (Å²) in [5.41, 5.74) is 0.911. The highest BCUT2D eigenvalue weighted by atomic mass is 35.5. The molecule has 0 aromatic carbocycles. The zero-order chi connectivity index (χ0) is 11.8. The molecule has 0 radical (unpaired) electrons. The Kier molecular flexibility index (Phi) is 2.92. The Labute approximate surface area is 106 Å². The molecule has 17 heavy (non-hydrogen) atoms. The van der Waals surface area contributed by atoms with Crippen LogP contribution in [0.3, 0.4) is 0 Å². The number of rotatable bonds is 2. The van der Waals surface area contributed by atoms with Crippen LogP contribution in [0.25, 0.3) is 0 Å². The topological polar surface area (TPSA) is 41.0 Å². The Morgan fingerprint density at radius 2 is 2.24 bits per heavy atom. The quantitative estimate of drug-likeness (QED) is 0.819. The molecule has 92 valence electrons. The second kappa shape index (κ2) is 4.42. The van der Waals surface area contributed by atoms with Crippen molar-refractivity contribution in [2.24, 2.45) is 0 Å². The van der Waals surface area contributed by atoms with Crippen LogP contribution < -0.4 is 5.32 Å².